The smallest absolute Gasteiger partial charge is 0.251 e. The van der Waals surface area contributed by atoms with Crippen molar-refractivity contribution in [2.75, 3.05) is 13.1 Å². The van der Waals surface area contributed by atoms with Gasteiger partial charge in [0.15, 0.2) is 0 Å². The Bertz CT molecular complexity index is 425. The summed E-state index contributed by atoms with van der Waals surface area (Å²) in [7, 11) is 0. The van der Waals surface area contributed by atoms with E-state index in [-0.39, 0.29) is 17.7 Å². The summed E-state index contributed by atoms with van der Waals surface area (Å²) in [5, 5.41) is 5.67. The van der Waals surface area contributed by atoms with Gasteiger partial charge in [-0.1, -0.05) is 31.0 Å². The van der Waals surface area contributed by atoms with Gasteiger partial charge in [-0.25, -0.2) is 0 Å². The molecule has 0 spiro atoms. The average Bonchev–Trinajstić information content (AvgIpc) is 2.98. The average molecular weight is 260 g/mol. The lowest BCUT2D eigenvalue weighted by Crippen LogP contribution is -2.37. The molecule has 1 aliphatic carbocycles. The Hall–Kier alpha value is -1.84. The Balaban J connectivity index is 1.64. The minimum atomic E-state index is -0.101. The SMILES string of the molecule is O=C(NCCNC(=O)C1CCCC1)c1ccccc1. The van der Waals surface area contributed by atoms with Gasteiger partial charge in [-0.2, -0.15) is 0 Å². The fourth-order valence-electron chi connectivity index (χ4n) is 2.39. The summed E-state index contributed by atoms with van der Waals surface area (Å²) in [6.45, 7) is 0.958. The predicted molar refractivity (Wildman–Crippen MR) is 73.7 cm³/mol. The first kappa shape index (κ1) is 13.6. The zero-order valence-corrected chi connectivity index (χ0v) is 11.0. The monoisotopic (exact) mass is 260 g/mol. The summed E-state index contributed by atoms with van der Waals surface area (Å²) in [5.74, 6) is 0.215. The van der Waals surface area contributed by atoms with Crippen molar-refractivity contribution in [2.24, 2.45) is 5.92 Å². The van der Waals surface area contributed by atoms with Gasteiger partial charge >= 0.3 is 0 Å². The largest absolute Gasteiger partial charge is 0.354 e. The first-order valence-electron chi connectivity index (χ1n) is 6.88. The standard InChI is InChI=1S/C15H20N2O2/c18-14(12-6-2-1-3-7-12)16-10-11-17-15(19)13-8-4-5-9-13/h1-3,6-7,13H,4-5,8-11H2,(H,16,18)(H,17,19). The number of benzene rings is 1. The van der Waals surface area contributed by atoms with Crippen molar-refractivity contribution >= 4 is 11.8 Å². The van der Waals surface area contributed by atoms with E-state index in [0.717, 1.165) is 25.7 Å². The third-order valence-electron chi connectivity index (χ3n) is 3.47. The molecule has 102 valence electrons. The van der Waals surface area contributed by atoms with Crippen LogP contribution < -0.4 is 10.6 Å². The maximum atomic E-state index is 11.7. The Kier molecular flexibility index (Phi) is 4.95. The fourth-order valence-corrected chi connectivity index (χ4v) is 2.39. The molecule has 2 N–H and O–H groups in total. The third kappa shape index (κ3) is 4.09. The molecule has 0 atom stereocenters. The van der Waals surface area contributed by atoms with Gasteiger partial charge in [0.05, 0.1) is 0 Å². The van der Waals surface area contributed by atoms with Gasteiger partial charge in [0.1, 0.15) is 0 Å². The second kappa shape index (κ2) is 6.92. The Morgan fingerprint density at radius 3 is 2.32 bits per heavy atom. The van der Waals surface area contributed by atoms with Crippen molar-refractivity contribution in [1.29, 1.82) is 0 Å². The van der Waals surface area contributed by atoms with E-state index in [1.165, 1.54) is 0 Å². The molecule has 1 aliphatic rings. The highest BCUT2D eigenvalue weighted by Gasteiger charge is 2.21. The molecule has 1 aromatic rings. The summed E-state index contributed by atoms with van der Waals surface area (Å²) < 4.78 is 0. The van der Waals surface area contributed by atoms with Crippen LogP contribution in [0.2, 0.25) is 0 Å². The Morgan fingerprint density at radius 1 is 1.00 bits per heavy atom. The molecule has 0 aliphatic heterocycles. The highest BCUT2D eigenvalue weighted by Crippen LogP contribution is 2.24. The van der Waals surface area contributed by atoms with Gasteiger partial charge in [0.25, 0.3) is 5.91 Å². The fraction of sp³-hybridized carbons (Fsp3) is 0.467. The molecule has 0 unspecified atom stereocenters. The second-order valence-electron chi connectivity index (χ2n) is 4.89. The third-order valence-corrected chi connectivity index (χ3v) is 3.47. The van der Waals surface area contributed by atoms with E-state index in [4.69, 9.17) is 0 Å². The van der Waals surface area contributed by atoms with Gasteiger partial charge < -0.3 is 10.6 Å². The highest BCUT2D eigenvalue weighted by atomic mass is 16.2. The molecule has 0 radical (unpaired) electrons. The molecule has 19 heavy (non-hydrogen) atoms. The number of hydrogen-bond acceptors (Lipinski definition) is 2. The normalized spacial score (nSPS) is 15.2. The summed E-state index contributed by atoms with van der Waals surface area (Å²) >= 11 is 0. The molecule has 4 heteroatoms. The minimum Gasteiger partial charge on any atom is -0.354 e. The van der Waals surface area contributed by atoms with Crippen LogP contribution >= 0.6 is 0 Å². The lowest BCUT2D eigenvalue weighted by molar-refractivity contribution is -0.124. The van der Waals surface area contributed by atoms with E-state index in [0.29, 0.717) is 18.7 Å². The van der Waals surface area contributed by atoms with Crippen molar-refractivity contribution in [1.82, 2.24) is 10.6 Å². The van der Waals surface area contributed by atoms with E-state index in [9.17, 15) is 9.59 Å². The number of hydrogen-bond donors (Lipinski definition) is 2. The van der Waals surface area contributed by atoms with E-state index in [1.54, 1.807) is 12.1 Å². The van der Waals surface area contributed by atoms with Crippen molar-refractivity contribution in [2.45, 2.75) is 25.7 Å². The maximum Gasteiger partial charge on any atom is 0.251 e. The molecule has 2 amide bonds. The van der Waals surface area contributed by atoms with Crippen LogP contribution in [-0.4, -0.2) is 24.9 Å². The zero-order chi connectivity index (χ0) is 13.5. The van der Waals surface area contributed by atoms with Gasteiger partial charge in [0.2, 0.25) is 5.91 Å². The molecule has 4 nitrogen and oxygen atoms in total. The maximum absolute atomic E-state index is 11.7. The summed E-state index contributed by atoms with van der Waals surface area (Å²) in [5.41, 5.74) is 0.643. The van der Waals surface area contributed by atoms with Crippen molar-refractivity contribution < 1.29 is 9.59 Å². The molecule has 0 saturated heterocycles. The summed E-state index contributed by atoms with van der Waals surface area (Å²) in [6.07, 6.45) is 4.32. The van der Waals surface area contributed by atoms with Crippen LogP contribution in [0.5, 0.6) is 0 Å². The van der Waals surface area contributed by atoms with Gasteiger partial charge in [-0.05, 0) is 25.0 Å². The lowest BCUT2D eigenvalue weighted by atomic mass is 10.1. The van der Waals surface area contributed by atoms with Crippen molar-refractivity contribution in [3.63, 3.8) is 0 Å². The van der Waals surface area contributed by atoms with Gasteiger partial charge in [0, 0.05) is 24.6 Å². The van der Waals surface area contributed by atoms with Crippen molar-refractivity contribution in [3.8, 4) is 0 Å². The Labute approximate surface area is 113 Å². The quantitative estimate of drug-likeness (QED) is 0.792. The molecule has 0 aromatic heterocycles. The van der Waals surface area contributed by atoms with E-state index in [2.05, 4.69) is 10.6 Å². The van der Waals surface area contributed by atoms with Crippen LogP contribution in [0.4, 0.5) is 0 Å². The first-order valence-corrected chi connectivity index (χ1v) is 6.88. The molecule has 1 saturated carbocycles. The van der Waals surface area contributed by atoms with Crippen LogP contribution in [0.1, 0.15) is 36.0 Å². The van der Waals surface area contributed by atoms with Crippen molar-refractivity contribution in [3.05, 3.63) is 35.9 Å². The molecule has 0 bridgehead atoms. The molecule has 1 aromatic carbocycles. The zero-order valence-electron chi connectivity index (χ0n) is 11.0. The first-order chi connectivity index (χ1) is 9.27. The van der Waals surface area contributed by atoms with Crippen LogP contribution in [-0.2, 0) is 4.79 Å². The van der Waals surface area contributed by atoms with Gasteiger partial charge in [-0.3, -0.25) is 9.59 Å². The summed E-state index contributed by atoms with van der Waals surface area (Å²) in [6, 6.07) is 9.07. The predicted octanol–water partition coefficient (Wildman–Crippen LogP) is 1.72. The number of carbonyl (C=O) groups excluding carboxylic acids is 2. The molecule has 1 fully saturated rings. The number of amides is 2. The van der Waals surface area contributed by atoms with Gasteiger partial charge in [-0.15, -0.1) is 0 Å². The molecular weight excluding hydrogens is 240 g/mol. The second-order valence-corrected chi connectivity index (χ2v) is 4.89. The van der Waals surface area contributed by atoms with Crippen LogP contribution in [0, 0.1) is 5.92 Å². The number of nitrogens with one attached hydrogen (secondary N) is 2. The summed E-state index contributed by atoms with van der Waals surface area (Å²) in [4.78, 5) is 23.5. The van der Waals surface area contributed by atoms with Crippen LogP contribution in [0.25, 0.3) is 0 Å². The highest BCUT2D eigenvalue weighted by molar-refractivity contribution is 5.94. The minimum absolute atomic E-state index is 0.101. The topological polar surface area (TPSA) is 58.2 Å². The molecular formula is C15H20N2O2. The molecule has 0 heterocycles. The number of carbonyl (C=O) groups is 2. The van der Waals surface area contributed by atoms with Crippen LogP contribution in [0.3, 0.4) is 0 Å². The van der Waals surface area contributed by atoms with E-state index in [1.807, 2.05) is 18.2 Å². The number of rotatable bonds is 5. The van der Waals surface area contributed by atoms with E-state index >= 15 is 0 Å². The van der Waals surface area contributed by atoms with Crippen LogP contribution in [0.15, 0.2) is 30.3 Å². The van der Waals surface area contributed by atoms with E-state index < -0.39 is 0 Å². The lowest BCUT2D eigenvalue weighted by Gasteiger charge is -2.10. The molecule has 2 rings (SSSR count). The Morgan fingerprint density at radius 2 is 1.63 bits per heavy atom.